The van der Waals surface area contributed by atoms with Crippen molar-refractivity contribution in [2.75, 3.05) is 4.90 Å². The van der Waals surface area contributed by atoms with Crippen LogP contribution >= 0.6 is 23.1 Å². The van der Waals surface area contributed by atoms with E-state index in [4.69, 9.17) is 9.97 Å². The zero-order valence-corrected chi connectivity index (χ0v) is 20.1. The van der Waals surface area contributed by atoms with E-state index in [1.807, 2.05) is 62.5 Å². The topological polar surface area (TPSA) is 68.1 Å². The van der Waals surface area contributed by atoms with E-state index in [1.54, 1.807) is 22.5 Å². The molecule has 32 heavy (non-hydrogen) atoms. The average molecular weight is 465 g/mol. The van der Waals surface area contributed by atoms with E-state index in [0.29, 0.717) is 33.5 Å². The van der Waals surface area contributed by atoms with E-state index in [-0.39, 0.29) is 11.5 Å². The molecule has 2 aromatic carbocycles. The van der Waals surface area contributed by atoms with Crippen LogP contribution in [0.15, 0.2) is 57.8 Å². The van der Waals surface area contributed by atoms with Gasteiger partial charge in [-0.05, 0) is 56.2 Å². The van der Waals surface area contributed by atoms with Gasteiger partial charge in [0.15, 0.2) is 10.3 Å². The molecule has 0 aliphatic rings. The predicted octanol–water partition coefficient (Wildman–Crippen LogP) is 5.47. The molecule has 0 fully saturated rings. The second-order valence-electron chi connectivity index (χ2n) is 7.49. The molecule has 0 N–H and O–H groups in total. The van der Waals surface area contributed by atoms with Crippen LogP contribution in [0, 0.1) is 13.8 Å². The van der Waals surface area contributed by atoms with Gasteiger partial charge >= 0.3 is 0 Å². The van der Waals surface area contributed by atoms with Crippen LogP contribution in [0.4, 0.5) is 10.8 Å². The second kappa shape index (κ2) is 9.26. The SMILES string of the molecule is CCn1c(SCc2csc(N(C(C)=O)c3ccc(C)c(C)c3)n2)nc2ccccc2c1=O. The van der Waals surface area contributed by atoms with Crippen molar-refractivity contribution in [2.45, 2.75) is 45.1 Å². The van der Waals surface area contributed by atoms with Crippen LogP contribution in [0.1, 0.15) is 30.7 Å². The number of carbonyl (C=O) groups is 1. The van der Waals surface area contributed by atoms with Crippen LogP contribution in [-0.4, -0.2) is 20.4 Å². The molecule has 2 heterocycles. The molecule has 2 aromatic heterocycles. The lowest BCUT2D eigenvalue weighted by atomic mass is 10.1. The number of thioether (sulfide) groups is 1. The van der Waals surface area contributed by atoms with Gasteiger partial charge in [0.2, 0.25) is 5.91 Å². The number of aromatic nitrogens is 3. The third-order valence-electron chi connectivity index (χ3n) is 5.29. The van der Waals surface area contributed by atoms with Crippen molar-refractivity contribution in [1.82, 2.24) is 14.5 Å². The first-order valence-electron chi connectivity index (χ1n) is 10.3. The van der Waals surface area contributed by atoms with E-state index in [9.17, 15) is 9.59 Å². The van der Waals surface area contributed by atoms with Crippen LogP contribution in [-0.2, 0) is 17.1 Å². The fourth-order valence-electron chi connectivity index (χ4n) is 3.43. The number of nitrogens with zero attached hydrogens (tertiary/aromatic N) is 4. The van der Waals surface area contributed by atoms with Gasteiger partial charge in [-0.15, -0.1) is 11.3 Å². The van der Waals surface area contributed by atoms with Crippen LogP contribution in [0.3, 0.4) is 0 Å². The van der Waals surface area contributed by atoms with Gasteiger partial charge in [-0.25, -0.2) is 9.97 Å². The summed E-state index contributed by atoms with van der Waals surface area (Å²) in [5, 5.41) is 3.88. The first kappa shape index (κ1) is 22.2. The molecule has 0 bridgehead atoms. The summed E-state index contributed by atoms with van der Waals surface area (Å²) in [4.78, 5) is 36.3. The molecule has 1 amide bonds. The summed E-state index contributed by atoms with van der Waals surface area (Å²) >= 11 is 2.91. The van der Waals surface area contributed by atoms with Crippen molar-refractivity contribution in [2.24, 2.45) is 0 Å². The highest BCUT2D eigenvalue weighted by molar-refractivity contribution is 7.98. The fourth-order valence-corrected chi connectivity index (χ4v) is 5.38. The summed E-state index contributed by atoms with van der Waals surface area (Å²) in [6, 6.07) is 13.4. The monoisotopic (exact) mass is 464 g/mol. The second-order valence-corrected chi connectivity index (χ2v) is 9.27. The smallest absolute Gasteiger partial charge is 0.262 e. The third kappa shape index (κ3) is 4.33. The van der Waals surface area contributed by atoms with Gasteiger partial charge < -0.3 is 0 Å². The zero-order valence-electron chi connectivity index (χ0n) is 18.5. The molecule has 8 heteroatoms. The highest BCUT2D eigenvalue weighted by Crippen LogP contribution is 2.32. The number of anilines is 2. The molecule has 164 valence electrons. The Labute approximate surface area is 194 Å². The molecular weight excluding hydrogens is 440 g/mol. The summed E-state index contributed by atoms with van der Waals surface area (Å²) in [5.74, 6) is 0.470. The van der Waals surface area contributed by atoms with Crippen molar-refractivity contribution in [1.29, 1.82) is 0 Å². The summed E-state index contributed by atoms with van der Waals surface area (Å²) in [6.07, 6.45) is 0. The molecule has 4 aromatic rings. The highest BCUT2D eigenvalue weighted by atomic mass is 32.2. The quantitative estimate of drug-likeness (QED) is 0.280. The number of amides is 1. The Kier molecular flexibility index (Phi) is 6.43. The number of fused-ring (bicyclic) bond motifs is 1. The Balaban J connectivity index is 1.60. The lowest BCUT2D eigenvalue weighted by Crippen LogP contribution is -2.23. The van der Waals surface area contributed by atoms with Crippen molar-refractivity contribution in [3.8, 4) is 0 Å². The van der Waals surface area contributed by atoms with Gasteiger partial charge in [-0.1, -0.05) is 30.0 Å². The Bertz CT molecular complexity index is 1360. The standard InChI is InChI=1S/C24H24N4O2S2/c1-5-27-22(30)20-8-6-7-9-21(20)26-23(27)31-13-18-14-32-24(25-18)28(17(4)29)19-11-10-15(2)16(3)12-19/h6-12,14H,5,13H2,1-4H3. The minimum Gasteiger partial charge on any atom is -0.287 e. The number of hydrogen-bond acceptors (Lipinski definition) is 6. The predicted molar refractivity (Wildman–Crippen MR) is 132 cm³/mol. The van der Waals surface area contributed by atoms with E-state index >= 15 is 0 Å². The number of aryl methyl sites for hydroxylation is 2. The molecule has 4 rings (SSSR count). The lowest BCUT2D eigenvalue weighted by Gasteiger charge is -2.19. The molecular formula is C24H24N4O2S2. The maximum absolute atomic E-state index is 12.8. The number of benzene rings is 2. The Morgan fingerprint density at radius 3 is 2.62 bits per heavy atom. The Morgan fingerprint density at radius 2 is 1.91 bits per heavy atom. The number of rotatable bonds is 6. The Morgan fingerprint density at radius 1 is 1.12 bits per heavy atom. The summed E-state index contributed by atoms with van der Waals surface area (Å²) in [5.41, 5.74) is 4.62. The van der Waals surface area contributed by atoms with Gasteiger partial charge in [-0.3, -0.25) is 19.1 Å². The van der Waals surface area contributed by atoms with Crippen molar-refractivity contribution < 1.29 is 4.79 Å². The summed E-state index contributed by atoms with van der Waals surface area (Å²) in [7, 11) is 0. The normalized spacial score (nSPS) is 11.1. The average Bonchev–Trinajstić information content (AvgIpc) is 3.23. The minimum atomic E-state index is -0.0853. The van der Waals surface area contributed by atoms with Gasteiger partial charge in [0.25, 0.3) is 5.56 Å². The number of para-hydroxylation sites is 1. The Hall–Kier alpha value is -2.97. The number of hydrogen-bond donors (Lipinski definition) is 0. The van der Waals surface area contributed by atoms with Crippen molar-refractivity contribution in [3.05, 3.63) is 75.0 Å². The lowest BCUT2D eigenvalue weighted by molar-refractivity contribution is -0.115. The van der Waals surface area contributed by atoms with Crippen LogP contribution in [0.5, 0.6) is 0 Å². The van der Waals surface area contributed by atoms with E-state index in [1.165, 1.54) is 28.7 Å². The van der Waals surface area contributed by atoms with Crippen molar-refractivity contribution in [3.63, 3.8) is 0 Å². The maximum atomic E-state index is 12.8. The maximum Gasteiger partial charge on any atom is 0.262 e. The molecule has 0 aliphatic heterocycles. The molecule has 0 unspecified atom stereocenters. The summed E-state index contributed by atoms with van der Waals surface area (Å²) < 4.78 is 1.69. The largest absolute Gasteiger partial charge is 0.287 e. The zero-order chi connectivity index (χ0) is 22.8. The van der Waals surface area contributed by atoms with Gasteiger partial charge in [0, 0.05) is 24.6 Å². The van der Waals surface area contributed by atoms with Gasteiger partial charge in [-0.2, -0.15) is 0 Å². The van der Waals surface area contributed by atoms with E-state index in [0.717, 1.165) is 16.9 Å². The van der Waals surface area contributed by atoms with E-state index in [2.05, 4.69) is 0 Å². The molecule has 6 nitrogen and oxygen atoms in total. The summed E-state index contributed by atoms with van der Waals surface area (Å²) in [6.45, 7) is 8.12. The van der Waals surface area contributed by atoms with E-state index < -0.39 is 0 Å². The van der Waals surface area contributed by atoms with Crippen LogP contribution in [0.25, 0.3) is 10.9 Å². The molecule has 0 spiro atoms. The molecule has 0 atom stereocenters. The third-order valence-corrected chi connectivity index (χ3v) is 7.17. The fraction of sp³-hybridized carbons (Fsp3) is 0.250. The molecule has 0 saturated carbocycles. The van der Waals surface area contributed by atoms with Gasteiger partial charge in [0.05, 0.1) is 22.3 Å². The molecule has 0 radical (unpaired) electrons. The van der Waals surface area contributed by atoms with Crippen molar-refractivity contribution >= 4 is 50.7 Å². The first-order valence-corrected chi connectivity index (χ1v) is 12.2. The highest BCUT2D eigenvalue weighted by Gasteiger charge is 2.19. The number of carbonyl (C=O) groups excluding carboxylic acids is 1. The minimum absolute atomic E-state index is 0.0305. The molecule has 0 saturated heterocycles. The van der Waals surface area contributed by atoms with Crippen LogP contribution in [0.2, 0.25) is 0 Å². The first-order chi connectivity index (χ1) is 15.4. The van der Waals surface area contributed by atoms with Gasteiger partial charge in [0.1, 0.15) is 0 Å². The number of thiazole rings is 1. The molecule has 0 aliphatic carbocycles. The van der Waals surface area contributed by atoms with Crippen LogP contribution < -0.4 is 10.5 Å².